The summed E-state index contributed by atoms with van der Waals surface area (Å²) in [5.74, 6) is -2.51. The molecule has 0 saturated carbocycles. The number of hydrogen-bond donors (Lipinski definition) is 1. The Morgan fingerprint density at radius 2 is 2.07 bits per heavy atom. The number of rotatable bonds is 8. The summed E-state index contributed by atoms with van der Waals surface area (Å²) >= 11 is 3.16. The van der Waals surface area contributed by atoms with Crippen molar-refractivity contribution in [1.82, 2.24) is 15.2 Å². The summed E-state index contributed by atoms with van der Waals surface area (Å²) in [7, 11) is 0. The van der Waals surface area contributed by atoms with Gasteiger partial charge in [0, 0.05) is 29.0 Å². The Labute approximate surface area is 167 Å². The lowest BCUT2D eigenvalue weighted by Crippen LogP contribution is -2.46. The van der Waals surface area contributed by atoms with Crippen LogP contribution in [0.3, 0.4) is 0 Å². The number of ether oxygens (including phenoxy) is 1. The van der Waals surface area contributed by atoms with Gasteiger partial charge in [-0.2, -0.15) is 4.39 Å². The number of halogens is 2. The van der Waals surface area contributed by atoms with Gasteiger partial charge in [-0.25, -0.2) is 9.78 Å². The molecule has 27 heavy (non-hydrogen) atoms. The zero-order valence-corrected chi connectivity index (χ0v) is 17.4. The molecule has 0 aliphatic carbocycles. The molecule has 148 valence electrons. The van der Waals surface area contributed by atoms with E-state index in [0.717, 1.165) is 19.6 Å². The predicted molar refractivity (Wildman–Crippen MR) is 104 cm³/mol. The van der Waals surface area contributed by atoms with Crippen LogP contribution in [0.25, 0.3) is 0 Å². The molecule has 0 bridgehead atoms. The van der Waals surface area contributed by atoms with Crippen molar-refractivity contribution in [3.63, 3.8) is 0 Å². The minimum absolute atomic E-state index is 0.111. The maximum atomic E-state index is 14.0. The molecule has 0 unspecified atom stereocenters. The lowest BCUT2D eigenvalue weighted by Gasteiger charge is -2.30. The van der Waals surface area contributed by atoms with Crippen LogP contribution in [0.4, 0.5) is 4.39 Å². The van der Waals surface area contributed by atoms with E-state index in [0.29, 0.717) is 4.47 Å². The van der Waals surface area contributed by atoms with Crippen LogP contribution in [0, 0.1) is 5.95 Å². The van der Waals surface area contributed by atoms with Crippen molar-refractivity contribution < 1.29 is 18.7 Å². The summed E-state index contributed by atoms with van der Waals surface area (Å²) in [6.45, 7) is 8.56. The number of esters is 1. The van der Waals surface area contributed by atoms with E-state index in [1.165, 1.54) is 31.3 Å². The van der Waals surface area contributed by atoms with E-state index in [-0.39, 0.29) is 23.3 Å². The number of hydrogen-bond acceptors (Lipinski definition) is 6. The van der Waals surface area contributed by atoms with Crippen LogP contribution in [0.5, 0.6) is 0 Å². The molecule has 8 heteroatoms. The average molecular weight is 442 g/mol. The van der Waals surface area contributed by atoms with Crippen LogP contribution in [0.1, 0.15) is 44.0 Å². The molecular weight excluding hydrogens is 417 g/mol. The molecule has 2 heterocycles. The van der Waals surface area contributed by atoms with Crippen molar-refractivity contribution >= 4 is 27.7 Å². The van der Waals surface area contributed by atoms with E-state index in [2.05, 4.69) is 31.1 Å². The molecule has 1 aromatic heterocycles. The minimum atomic E-state index is -0.935. The number of pyridine rings is 1. The van der Waals surface area contributed by atoms with Crippen LogP contribution in [0.2, 0.25) is 0 Å². The Morgan fingerprint density at radius 3 is 2.70 bits per heavy atom. The zero-order chi connectivity index (χ0) is 20.0. The Bertz CT molecular complexity index is 731. The number of aromatic nitrogens is 1. The standard InChI is InChI=1S/C19H25BrFN3O3/c1-4-27-18(26)15(16(25)14-9-13(20)10-22-17(14)21)11-23-19(2,3)12-24-7-5-6-8-24/h9-11,23H,4-8,12H2,1-3H3/b15-11-. The van der Waals surface area contributed by atoms with Gasteiger partial charge in [-0.15, -0.1) is 0 Å². The van der Waals surface area contributed by atoms with Crippen LogP contribution in [0.15, 0.2) is 28.5 Å². The minimum Gasteiger partial charge on any atom is -0.462 e. The highest BCUT2D eigenvalue weighted by atomic mass is 79.9. The van der Waals surface area contributed by atoms with Crippen LogP contribution in [-0.4, -0.2) is 53.4 Å². The molecule has 1 aliphatic heterocycles. The molecule has 0 radical (unpaired) electrons. The lowest BCUT2D eigenvalue weighted by molar-refractivity contribution is -0.138. The number of nitrogens with zero attached hydrogens (tertiary/aromatic N) is 2. The molecule has 1 N–H and O–H groups in total. The normalized spacial score (nSPS) is 15.7. The highest BCUT2D eigenvalue weighted by molar-refractivity contribution is 9.10. The fourth-order valence-corrected chi connectivity index (χ4v) is 3.30. The molecule has 0 atom stereocenters. The van der Waals surface area contributed by atoms with Gasteiger partial charge in [0.05, 0.1) is 12.2 Å². The van der Waals surface area contributed by atoms with Gasteiger partial charge in [-0.3, -0.25) is 4.79 Å². The van der Waals surface area contributed by atoms with Gasteiger partial charge >= 0.3 is 5.97 Å². The van der Waals surface area contributed by atoms with Crippen molar-refractivity contribution in [2.75, 3.05) is 26.2 Å². The number of carbonyl (C=O) groups is 2. The zero-order valence-electron chi connectivity index (χ0n) is 15.8. The highest BCUT2D eigenvalue weighted by Crippen LogP contribution is 2.18. The fourth-order valence-electron chi connectivity index (χ4n) is 2.97. The second-order valence-corrected chi connectivity index (χ2v) is 8.03. The summed E-state index contributed by atoms with van der Waals surface area (Å²) < 4.78 is 19.4. The third-order valence-corrected chi connectivity index (χ3v) is 4.65. The quantitative estimate of drug-likeness (QED) is 0.167. The molecule has 2 rings (SSSR count). The summed E-state index contributed by atoms with van der Waals surface area (Å²) in [5.41, 5.74) is -0.927. The maximum absolute atomic E-state index is 14.0. The van der Waals surface area contributed by atoms with Gasteiger partial charge in [-0.05, 0) is 68.7 Å². The SMILES string of the molecule is CCOC(=O)/C(=C\NC(C)(C)CN1CCCC1)C(=O)c1cc(Br)cnc1F. The molecule has 0 spiro atoms. The number of ketones is 1. The summed E-state index contributed by atoms with van der Waals surface area (Å²) in [6, 6.07) is 1.30. The van der Waals surface area contributed by atoms with Crippen LogP contribution >= 0.6 is 15.9 Å². The molecule has 1 aromatic rings. The van der Waals surface area contributed by atoms with Crippen molar-refractivity contribution in [2.45, 2.75) is 39.2 Å². The monoisotopic (exact) mass is 441 g/mol. The number of carbonyl (C=O) groups excluding carboxylic acids is 2. The molecule has 1 saturated heterocycles. The van der Waals surface area contributed by atoms with E-state index in [1.807, 2.05) is 13.8 Å². The smallest absolute Gasteiger partial charge is 0.343 e. The molecular formula is C19H25BrFN3O3. The second kappa shape index (κ2) is 9.41. The van der Waals surface area contributed by atoms with E-state index < -0.39 is 17.7 Å². The van der Waals surface area contributed by atoms with E-state index in [4.69, 9.17) is 4.74 Å². The maximum Gasteiger partial charge on any atom is 0.343 e. The van der Waals surface area contributed by atoms with Crippen molar-refractivity contribution in [3.05, 3.63) is 40.0 Å². The number of Topliss-reactive ketones (excluding diaryl/α,β-unsaturated/α-hetero) is 1. The van der Waals surface area contributed by atoms with E-state index >= 15 is 0 Å². The molecule has 1 fully saturated rings. The van der Waals surface area contributed by atoms with E-state index in [9.17, 15) is 14.0 Å². The van der Waals surface area contributed by atoms with Crippen LogP contribution in [-0.2, 0) is 9.53 Å². The lowest BCUT2D eigenvalue weighted by atomic mass is 10.0. The Kier molecular flexibility index (Phi) is 7.49. The van der Waals surface area contributed by atoms with Crippen molar-refractivity contribution in [2.24, 2.45) is 0 Å². The van der Waals surface area contributed by atoms with E-state index in [1.54, 1.807) is 6.92 Å². The largest absolute Gasteiger partial charge is 0.462 e. The fraction of sp³-hybridized carbons (Fsp3) is 0.526. The average Bonchev–Trinajstić information content (AvgIpc) is 3.09. The Balaban J connectivity index is 2.24. The van der Waals surface area contributed by atoms with Gasteiger partial charge < -0.3 is 15.0 Å². The predicted octanol–water partition coefficient (Wildman–Crippen LogP) is 3.08. The Hall–Kier alpha value is -1.80. The van der Waals surface area contributed by atoms with Gasteiger partial charge in [0.2, 0.25) is 11.7 Å². The highest BCUT2D eigenvalue weighted by Gasteiger charge is 2.27. The second-order valence-electron chi connectivity index (χ2n) is 7.11. The third kappa shape index (κ3) is 6.10. The van der Waals surface area contributed by atoms with Gasteiger partial charge in [0.1, 0.15) is 5.57 Å². The Morgan fingerprint density at radius 1 is 1.41 bits per heavy atom. The van der Waals surface area contributed by atoms with Gasteiger partial charge in [-0.1, -0.05) is 0 Å². The first-order chi connectivity index (χ1) is 12.7. The van der Waals surface area contributed by atoms with Crippen molar-refractivity contribution in [3.8, 4) is 0 Å². The molecule has 6 nitrogen and oxygen atoms in total. The molecule has 0 aromatic carbocycles. The molecule has 0 amide bonds. The first kappa shape index (κ1) is 21.5. The number of nitrogens with one attached hydrogen (secondary N) is 1. The first-order valence-electron chi connectivity index (χ1n) is 8.96. The summed E-state index contributed by atoms with van der Waals surface area (Å²) in [4.78, 5) is 30.9. The van der Waals surface area contributed by atoms with Gasteiger partial charge in [0.25, 0.3) is 0 Å². The third-order valence-electron chi connectivity index (χ3n) is 4.22. The molecule has 1 aliphatic rings. The summed E-state index contributed by atoms with van der Waals surface area (Å²) in [6.07, 6.45) is 4.93. The van der Waals surface area contributed by atoms with Crippen LogP contribution < -0.4 is 5.32 Å². The first-order valence-corrected chi connectivity index (χ1v) is 9.76. The van der Waals surface area contributed by atoms with Crippen molar-refractivity contribution in [1.29, 1.82) is 0 Å². The number of likely N-dealkylation sites (tertiary alicyclic amines) is 1. The summed E-state index contributed by atoms with van der Waals surface area (Å²) in [5, 5.41) is 3.13. The topological polar surface area (TPSA) is 71.5 Å². The van der Waals surface area contributed by atoms with Gasteiger partial charge in [0.15, 0.2) is 0 Å².